The minimum atomic E-state index is -1.02. The highest BCUT2D eigenvalue weighted by Gasteiger charge is 2.69. The summed E-state index contributed by atoms with van der Waals surface area (Å²) >= 11 is 0. The molecule has 460 valence electrons. The minimum Gasteiger partial charge on any atom is -0.427 e. The number of esters is 2. The van der Waals surface area contributed by atoms with E-state index in [9.17, 15) is 24.9 Å². The third-order valence-corrected chi connectivity index (χ3v) is 26.5. The Bertz CT molecular complexity index is 3110. The van der Waals surface area contributed by atoms with Crippen LogP contribution in [0.25, 0.3) is 0 Å². The number of aromatic amines is 1. The third kappa shape index (κ3) is 10.6. The summed E-state index contributed by atoms with van der Waals surface area (Å²) < 4.78 is 13.5. The summed E-state index contributed by atoms with van der Waals surface area (Å²) in [6, 6.07) is -0.160. The van der Waals surface area contributed by atoms with Crippen LogP contribution >= 0.6 is 21.6 Å². The molecule has 1 saturated heterocycles. The number of fused-ring (bicyclic) bond motifs is 5. The Kier molecular flexibility index (Phi) is 16.8. The number of hydrogen-bond acceptors (Lipinski definition) is 15. The molecule has 17 unspecified atom stereocenters. The van der Waals surface area contributed by atoms with Crippen molar-refractivity contribution in [1.29, 1.82) is 0 Å². The summed E-state index contributed by atoms with van der Waals surface area (Å²) in [4.78, 5) is 67.4. The van der Waals surface area contributed by atoms with Crippen molar-refractivity contribution in [3.8, 4) is 11.8 Å². The maximum absolute atomic E-state index is 15.8. The van der Waals surface area contributed by atoms with E-state index >= 15 is 9.59 Å². The Balaban J connectivity index is 0.917. The highest BCUT2D eigenvalue weighted by Crippen LogP contribution is 2.72. The lowest BCUT2D eigenvalue weighted by molar-refractivity contribution is -0.138. The molecule has 15 rings (SSSR count). The number of carbonyl (C=O) groups excluding carboxylic acids is 4. The van der Waals surface area contributed by atoms with E-state index in [1.807, 2.05) is 17.0 Å². The van der Waals surface area contributed by atoms with Crippen LogP contribution in [-0.4, -0.2) is 104 Å². The molecule has 1 aromatic rings. The lowest BCUT2D eigenvalue weighted by atomic mass is 9.43. The molecule has 5 saturated carbocycles. The molecule has 0 radical (unpaired) electrons. The van der Waals surface area contributed by atoms with Crippen LogP contribution in [0.3, 0.4) is 0 Å². The Morgan fingerprint density at radius 1 is 0.884 bits per heavy atom. The number of allylic oxidation sites excluding steroid dienone is 5. The van der Waals surface area contributed by atoms with Gasteiger partial charge >= 0.3 is 11.9 Å². The fourth-order valence-corrected chi connectivity index (χ4v) is 22.6. The molecular formula is C69H88N6O9S2. The molecule has 2 amide bonds. The van der Waals surface area contributed by atoms with E-state index in [0.717, 1.165) is 137 Å². The number of amides is 2. The van der Waals surface area contributed by atoms with Gasteiger partial charge < -0.3 is 40.4 Å². The van der Waals surface area contributed by atoms with Crippen molar-refractivity contribution >= 4 is 45.3 Å². The van der Waals surface area contributed by atoms with Crippen molar-refractivity contribution in [1.82, 2.24) is 30.8 Å². The molecule has 1 spiro atoms. The number of imidazole rings is 1. The topological polar surface area (TPSA) is 215 Å². The Labute approximate surface area is 514 Å². The van der Waals surface area contributed by atoms with Crippen LogP contribution in [0.15, 0.2) is 94.2 Å². The number of hydrogen-bond donors (Lipinski definition) is 7. The SMILES string of the molecule is CCC1(C=C2OC(=O)C3=C2CCC2C4CCC5(C6=CCC(C7CCC8CC(CO)CC(CO)C#CCC7C8)C(NC7CCC8CCCC(Cc9cnc[nH]9)C8C7O)SSCNC7=CC(=CCN7)C(CN7C(=O)C=CC7=O)C4=C5C(=O)O6)C32)CCCC1. The molecule has 1 aromatic heterocycles. The Morgan fingerprint density at radius 2 is 1.74 bits per heavy atom. The van der Waals surface area contributed by atoms with Crippen LogP contribution in [0.4, 0.5) is 0 Å². The van der Waals surface area contributed by atoms with Gasteiger partial charge in [0, 0.05) is 85.1 Å². The summed E-state index contributed by atoms with van der Waals surface area (Å²) in [5.41, 5.74) is 4.23. The van der Waals surface area contributed by atoms with E-state index in [2.05, 4.69) is 69.0 Å². The minimum absolute atomic E-state index is 0.0287. The van der Waals surface area contributed by atoms with Crippen LogP contribution in [-0.2, 0) is 35.1 Å². The summed E-state index contributed by atoms with van der Waals surface area (Å²) in [6.07, 6.45) is 34.8. The van der Waals surface area contributed by atoms with Gasteiger partial charge in [0.2, 0.25) is 0 Å². The zero-order chi connectivity index (χ0) is 58.8. The van der Waals surface area contributed by atoms with Crippen molar-refractivity contribution in [2.24, 2.45) is 87.8 Å². The maximum atomic E-state index is 15.8. The highest BCUT2D eigenvalue weighted by atomic mass is 33.1. The van der Waals surface area contributed by atoms with Crippen LogP contribution < -0.4 is 16.0 Å². The molecule has 9 aliphatic carbocycles. The van der Waals surface area contributed by atoms with Gasteiger partial charge in [0.05, 0.1) is 47.1 Å². The summed E-state index contributed by atoms with van der Waals surface area (Å²) in [5, 5.41) is 45.7. The zero-order valence-corrected chi connectivity index (χ0v) is 51.6. The predicted molar refractivity (Wildman–Crippen MR) is 329 cm³/mol. The number of cyclic esters (lactones) is 1. The molecule has 6 heterocycles. The van der Waals surface area contributed by atoms with Gasteiger partial charge in [-0.15, -0.1) is 5.92 Å². The molecule has 17 atom stereocenters. The number of aromatic nitrogens is 2. The third-order valence-electron chi connectivity index (χ3n) is 24.0. The fourth-order valence-electron chi connectivity index (χ4n) is 20.1. The van der Waals surface area contributed by atoms with Gasteiger partial charge in [0.15, 0.2) is 0 Å². The van der Waals surface area contributed by atoms with Crippen molar-refractivity contribution in [3.63, 3.8) is 0 Å². The summed E-state index contributed by atoms with van der Waals surface area (Å²) in [6.45, 7) is 2.86. The first-order valence-corrected chi connectivity index (χ1v) is 35.5. The average Bonchev–Trinajstić information content (AvgIpc) is 1.36. The molecule has 6 fully saturated rings. The van der Waals surface area contributed by atoms with Crippen molar-refractivity contribution < 1.29 is 44.0 Å². The molecule has 86 heavy (non-hydrogen) atoms. The van der Waals surface area contributed by atoms with E-state index in [1.54, 1.807) is 17.1 Å². The fraction of sp³-hybridized carbons (Fsp3) is 0.667. The molecular weight excluding hydrogens is 1120 g/mol. The zero-order valence-electron chi connectivity index (χ0n) is 50.0. The molecule has 0 aromatic carbocycles. The van der Waals surface area contributed by atoms with Crippen molar-refractivity contribution in [2.45, 2.75) is 166 Å². The molecule has 17 heteroatoms. The number of H-pyrrole nitrogens is 1. The first-order valence-electron chi connectivity index (χ1n) is 33.1. The van der Waals surface area contributed by atoms with Crippen LogP contribution in [0.5, 0.6) is 0 Å². The lowest BCUT2D eigenvalue weighted by Crippen LogP contribution is -2.56. The van der Waals surface area contributed by atoms with Gasteiger partial charge in [0.1, 0.15) is 11.5 Å². The highest BCUT2D eigenvalue weighted by molar-refractivity contribution is 8.76. The Hall–Kier alpha value is -4.83. The Morgan fingerprint density at radius 3 is 2.55 bits per heavy atom. The van der Waals surface area contributed by atoms with E-state index in [1.165, 1.54) is 17.1 Å². The number of rotatable bonds is 11. The van der Waals surface area contributed by atoms with Gasteiger partial charge in [-0.05, 0) is 197 Å². The van der Waals surface area contributed by atoms with E-state index in [4.69, 9.17) is 9.47 Å². The smallest absolute Gasteiger partial charge is 0.340 e. The van der Waals surface area contributed by atoms with E-state index in [0.29, 0.717) is 84.9 Å². The van der Waals surface area contributed by atoms with E-state index < -0.39 is 23.4 Å². The van der Waals surface area contributed by atoms with Gasteiger partial charge in [-0.3, -0.25) is 19.8 Å². The summed E-state index contributed by atoms with van der Waals surface area (Å²) in [7, 11) is 3.59. The monoisotopic (exact) mass is 1210 g/mol. The molecule has 14 aliphatic rings. The number of imide groups is 1. The normalized spacial score (nSPS) is 39.7. The van der Waals surface area contributed by atoms with Gasteiger partial charge in [-0.25, -0.2) is 14.6 Å². The first kappa shape index (κ1) is 58.8. The number of aliphatic hydroxyl groups excluding tert-OH is 3. The van der Waals surface area contributed by atoms with Crippen molar-refractivity contribution in [2.75, 3.05) is 32.2 Å². The quantitative estimate of drug-likeness (QED) is 0.0475. The number of carbonyl (C=O) groups is 4. The lowest BCUT2D eigenvalue weighted by Gasteiger charge is -2.57. The van der Waals surface area contributed by atoms with Gasteiger partial charge in [-0.1, -0.05) is 72.6 Å². The van der Waals surface area contributed by atoms with Crippen LogP contribution in [0.2, 0.25) is 0 Å². The number of nitrogens with zero attached hydrogens (tertiary/aromatic N) is 2. The number of ether oxygens (including phenoxy) is 2. The van der Waals surface area contributed by atoms with Crippen LogP contribution in [0, 0.1) is 99.6 Å². The van der Waals surface area contributed by atoms with Crippen LogP contribution in [0.1, 0.15) is 147 Å². The molecule has 7 N–H and O–H groups in total. The second-order valence-electron chi connectivity index (χ2n) is 28.1. The largest absolute Gasteiger partial charge is 0.427 e. The standard InChI is InChI=1S/C69H88N6O9S2/c1-2-68(23-3-4-24-68)32-54-51-15-14-49-48-21-25-69(62(49)61(51)66(81)83-54)55-18-16-50(47-13-11-39-27-41(36-77)28-40(35-76)7-5-9-43(47)29-39)65(74-53-17-12-42-8-6-10-45(59(42)64(53)80)30-46-33-70-37-72-46)86-85-38-73-56-31-44(22-26-71-56)52(60(48)63(69)67(82)84-55)34-75-57(78)19-20-58(75)79/h18-20,22,31-33,37,39-43,45,47-50,52-53,59,62,64-65,71,73-74,76-77,80H,2-4,6,8-17,21,23-30,34-36,38H2,1H3,(H,70,72). The van der Waals surface area contributed by atoms with Gasteiger partial charge in [-0.2, -0.15) is 0 Å². The number of nitrogens with one attached hydrogen (secondary N) is 4. The number of aliphatic hydroxyl groups is 3. The molecule has 9 bridgehead atoms. The summed E-state index contributed by atoms with van der Waals surface area (Å²) in [5.74, 6) is 8.83. The molecule has 15 nitrogen and oxygen atoms in total. The first-order chi connectivity index (χ1) is 42.0. The second-order valence-corrected chi connectivity index (χ2v) is 30.7. The maximum Gasteiger partial charge on any atom is 0.340 e. The molecule has 5 aliphatic heterocycles. The second kappa shape index (κ2) is 24.5. The van der Waals surface area contributed by atoms with Gasteiger partial charge in [0.25, 0.3) is 11.8 Å². The van der Waals surface area contributed by atoms with Crippen molar-refractivity contribution in [3.05, 3.63) is 99.9 Å². The average molecular weight is 1210 g/mol. The van der Waals surface area contributed by atoms with E-state index in [-0.39, 0.29) is 108 Å². The number of dihydropyridines is 1. The predicted octanol–water partition coefficient (Wildman–Crippen LogP) is 9.60.